The van der Waals surface area contributed by atoms with Gasteiger partial charge in [0.05, 0.1) is 20.6 Å². The summed E-state index contributed by atoms with van der Waals surface area (Å²) < 4.78 is 10.3. The van der Waals surface area contributed by atoms with Gasteiger partial charge >= 0.3 is 0 Å². The fourth-order valence-electron chi connectivity index (χ4n) is 2.77. The van der Waals surface area contributed by atoms with Crippen LogP contribution in [0.2, 0.25) is 0 Å². The minimum Gasteiger partial charge on any atom is -0.497 e. The SMILES string of the molecule is COc1cc(OC)cc(C(=O)N/N=C(\C)CC(=O)NC2CCCC2)c1. The summed E-state index contributed by atoms with van der Waals surface area (Å²) in [5, 5.41) is 6.99. The zero-order valence-corrected chi connectivity index (χ0v) is 14.9. The van der Waals surface area contributed by atoms with E-state index in [2.05, 4.69) is 15.8 Å². The first-order valence-corrected chi connectivity index (χ1v) is 8.37. The molecule has 0 aromatic heterocycles. The molecule has 1 aliphatic carbocycles. The third-order valence-electron chi connectivity index (χ3n) is 4.10. The lowest BCUT2D eigenvalue weighted by Gasteiger charge is -2.11. The second-order valence-electron chi connectivity index (χ2n) is 6.12. The van der Waals surface area contributed by atoms with E-state index in [4.69, 9.17) is 9.47 Å². The van der Waals surface area contributed by atoms with Crippen molar-refractivity contribution in [2.24, 2.45) is 5.10 Å². The van der Waals surface area contributed by atoms with Crippen molar-refractivity contribution in [1.82, 2.24) is 10.7 Å². The summed E-state index contributed by atoms with van der Waals surface area (Å²) in [7, 11) is 3.03. The fraction of sp³-hybridized carbons (Fsp3) is 0.500. The molecule has 1 aromatic rings. The first kappa shape index (κ1) is 18.8. The van der Waals surface area contributed by atoms with Crippen LogP contribution in [-0.4, -0.2) is 37.8 Å². The van der Waals surface area contributed by atoms with Crippen LogP contribution in [0, 0.1) is 0 Å². The number of nitrogens with zero attached hydrogens (tertiary/aromatic N) is 1. The maximum absolute atomic E-state index is 12.2. The average molecular weight is 347 g/mol. The molecule has 1 fully saturated rings. The van der Waals surface area contributed by atoms with Crippen LogP contribution in [0.1, 0.15) is 49.4 Å². The minimum absolute atomic E-state index is 0.0644. The monoisotopic (exact) mass is 347 g/mol. The van der Waals surface area contributed by atoms with E-state index in [0.29, 0.717) is 22.8 Å². The van der Waals surface area contributed by atoms with E-state index in [0.717, 1.165) is 25.7 Å². The molecule has 0 bridgehead atoms. The van der Waals surface area contributed by atoms with E-state index in [-0.39, 0.29) is 18.4 Å². The van der Waals surface area contributed by atoms with Gasteiger partial charge < -0.3 is 14.8 Å². The van der Waals surface area contributed by atoms with Gasteiger partial charge in [0.2, 0.25) is 5.91 Å². The third-order valence-corrected chi connectivity index (χ3v) is 4.10. The molecule has 0 unspecified atom stereocenters. The summed E-state index contributed by atoms with van der Waals surface area (Å²) >= 11 is 0. The number of rotatable bonds is 7. The van der Waals surface area contributed by atoms with E-state index in [1.165, 1.54) is 14.2 Å². The Hall–Kier alpha value is -2.57. The Labute approximate surface area is 147 Å². The lowest BCUT2D eigenvalue weighted by Crippen LogP contribution is -2.33. The number of carbonyl (C=O) groups excluding carboxylic acids is 2. The van der Waals surface area contributed by atoms with E-state index in [1.807, 2.05) is 0 Å². The molecule has 2 N–H and O–H groups in total. The molecular weight excluding hydrogens is 322 g/mol. The predicted octanol–water partition coefficient (Wildman–Crippen LogP) is 2.26. The number of carbonyl (C=O) groups is 2. The molecule has 2 rings (SSSR count). The second-order valence-corrected chi connectivity index (χ2v) is 6.12. The highest BCUT2D eigenvalue weighted by molar-refractivity contribution is 6.01. The largest absolute Gasteiger partial charge is 0.497 e. The Morgan fingerprint density at radius 2 is 1.72 bits per heavy atom. The van der Waals surface area contributed by atoms with Gasteiger partial charge in [0.25, 0.3) is 5.91 Å². The number of hydrogen-bond acceptors (Lipinski definition) is 5. The molecule has 0 aliphatic heterocycles. The van der Waals surface area contributed by atoms with Crippen molar-refractivity contribution < 1.29 is 19.1 Å². The molecule has 7 heteroatoms. The molecule has 0 atom stereocenters. The summed E-state index contributed by atoms with van der Waals surface area (Å²) in [4.78, 5) is 24.2. The topological polar surface area (TPSA) is 89.0 Å². The molecule has 1 saturated carbocycles. The lowest BCUT2D eigenvalue weighted by molar-refractivity contribution is -0.120. The van der Waals surface area contributed by atoms with Crippen LogP contribution in [-0.2, 0) is 4.79 Å². The van der Waals surface area contributed by atoms with Gasteiger partial charge in [0.1, 0.15) is 11.5 Å². The van der Waals surface area contributed by atoms with Gasteiger partial charge in [-0.15, -0.1) is 0 Å². The maximum Gasteiger partial charge on any atom is 0.271 e. The zero-order valence-electron chi connectivity index (χ0n) is 14.9. The van der Waals surface area contributed by atoms with Gasteiger partial charge in [-0.05, 0) is 31.9 Å². The van der Waals surface area contributed by atoms with Crippen LogP contribution in [0.25, 0.3) is 0 Å². The van der Waals surface area contributed by atoms with Crippen LogP contribution >= 0.6 is 0 Å². The average Bonchev–Trinajstić information content (AvgIpc) is 3.11. The summed E-state index contributed by atoms with van der Waals surface area (Å²) in [5.41, 5.74) is 3.36. The van der Waals surface area contributed by atoms with Crippen molar-refractivity contribution >= 4 is 17.5 Å². The number of hydrogen-bond donors (Lipinski definition) is 2. The molecule has 0 heterocycles. The van der Waals surface area contributed by atoms with Gasteiger partial charge in [0.15, 0.2) is 0 Å². The molecule has 1 aliphatic rings. The van der Waals surface area contributed by atoms with E-state index in [1.54, 1.807) is 25.1 Å². The van der Waals surface area contributed by atoms with Crippen LogP contribution in [0.15, 0.2) is 23.3 Å². The quantitative estimate of drug-likeness (QED) is 0.585. The van der Waals surface area contributed by atoms with Crippen LogP contribution in [0.4, 0.5) is 0 Å². The molecule has 0 spiro atoms. The smallest absolute Gasteiger partial charge is 0.271 e. The first-order chi connectivity index (χ1) is 12.0. The number of amides is 2. The second kappa shape index (κ2) is 9.05. The van der Waals surface area contributed by atoms with Crippen molar-refractivity contribution in [2.45, 2.75) is 45.1 Å². The molecule has 0 saturated heterocycles. The highest BCUT2D eigenvalue weighted by Gasteiger charge is 2.17. The van der Waals surface area contributed by atoms with Crippen LogP contribution < -0.4 is 20.2 Å². The Morgan fingerprint density at radius 1 is 1.12 bits per heavy atom. The Balaban J connectivity index is 1.90. The van der Waals surface area contributed by atoms with Gasteiger partial charge in [-0.25, -0.2) is 5.43 Å². The minimum atomic E-state index is -0.396. The Morgan fingerprint density at radius 3 is 2.28 bits per heavy atom. The maximum atomic E-state index is 12.2. The van der Waals surface area contributed by atoms with Gasteiger partial charge in [-0.3, -0.25) is 9.59 Å². The lowest BCUT2D eigenvalue weighted by atomic mass is 10.2. The third kappa shape index (κ3) is 5.77. The van der Waals surface area contributed by atoms with Crippen molar-refractivity contribution in [3.05, 3.63) is 23.8 Å². The molecule has 7 nitrogen and oxygen atoms in total. The van der Waals surface area contributed by atoms with Crippen molar-refractivity contribution in [3.63, 3.8) is 0 Å². The van der Waals surface area contributed by atoms with Gasteiger partial charge in [-0.2, -0.15) is 5.10 Å². The van der Waals surface area contributed by atoms with Gasteiger partial charge in [0, 0.05) is 23.4 Å². The van der Waals surface area contributed by atoms with E-state index >= 15 is 0 Å². The Kier molecular flexibility index (Phi) is 6.80. The predicted molar refractivity (Wildman–Crippen MR) is 95.1 cm³/mol. The standard InChI is InChI=1S/C18H25N3O4/c1-12(8-17(22)19-14-6-4-5-7-14)20-21-18(23)13-9-15(24-2)11-16(10-13)25-3/h9-11,14H,4-8H2,1-3H3,(H,19,22)(H,21,23)/b20-12+. The van der Waals surface area contributed by atoms with Crippen molar-refractivity contribution in [2.75, 3.05) is 14.2 Å². The molecular formula is C18H25N3O4. The van der Waals surface area contributed by atoms with Crippen LogP contribution in [0.5, 0.6) is 11.5 Å². The molecule has 136 valence electrons. The van der Waals surface area contributed by atoms with Gasteiger partial charge in [-0.1, -0.05) is 12.8 Å². The molecule has 0 radical (unpaired) electrons. The first-order valence-electron chi connectivity index (χ1n) is 8.37. The van der Waals surface area contributed by atoms with Crippen LogP contribution in [0.3, 0.4) is 0 Å². The highest BCUT2D eigenvalue weighted by Crippen LogP contribution is 2.22. The number of methoxy groups -OCH3 is 2. The molecule has 2 amide bonds. The zero-order chi connectivity index (χ0) is 18.2. The molecule has 25 heavy (non-hydrogen) atoms. The summed E-state index contributed by atoms with van der Waals surface area (Å²) in [5.74, 6) is 0.570. The number of ether oxygens (including phenoxy) is 2. The molecule has 1 aromatic carbocycles. The summed E-state index contributed by atoms with van der Waals surface area (Å²) in [6.07, 6.45) is 4.57. The highest BCUT2D eigenvalue weighted by atomic mass is 16.5. The summed E-state index contributed by atoms with van der Waals surface area (Å²) in [6, 6.07) is 5.14. The number of nitrogens with one attached hydrogen (secondary N) is 2. The summed E-state index contributed by atoms with van der Waals surface area (Å²) in [6.45, 7) is 1.71. The Bertz CT molecular complexity index is 629. The van der Waals surface area contributed by atoms with Crippen molar-refractivity contribution in [3.8, 4) is 11.5 Å². The van der Waals surface area contributed by atoms with E-state index < -0.39 is 5.91 Å². The van der Waals surface area contributed by atoms with E-state index in [9.17, 15) is 9.59 Å². The number of hydrazone groups is 1. The van der Waals surface area contributed by atoms with Crippen molar-refractivity contribution in [1.29, 1.82) is 0 Å². The number of benzene rings is 1. The fourth-order valence-corrected chi connectivity index (χ4v) is 2.77. The normalized spacial score (nSPS) is 14.9.